The van der Waals surface area contributed by atoms with Crippen molar-refractivity contribution in [2.24, 2.45) is 0 Å². The summed E-state index contributed by atoms with van der Waals surface area (Å²) < 4.78 is 9.95. The molecule has 6 heteroatoms. The summed E-state index contributed by atoms with van der Waals surface area (Å²) in [4.78, 5) is 23.3. The second-order valence-corrected chi connectivity index (χ2v) is 4.91. The summed E-state index contributed by atoms with van der Waals surface area (Å²) in [6, 6.07) is 8.28. The number of benzene rings is 1. The van der Waals surface area contributed by atoms with Gasteiger partial charge in [0.25, 0.3) is 5.91 Å². The van der Waals surface area contributed by atoms with Crippen molar-refractivity contribution < 1.29 is 18.7 Å². The highest BCUT2D eigenvalue weighted by molar-refractivity contribution is 6.31. The molecule has 1 N–H and O–H groups in total. The number of furan rings is 1. The molecule has 0 radical (unpaired) electrons. The van der Waals surface area contributed by atoms with Gasteiger partial charge >= 0.3 is 5.97 Å². The number of anilines is 1. The van der Waals surface area contributed by atoms with E-state index in [2.05, 4.69) is 5.32 Å². The normalized spacial score (nSPS) is 10.2. The molecule has 1 aromatic carbocycles. The Balaban J connectivity index is 1.87. The Labute approximate surface area is 126 Å². The lowest BCUT2D eigenvalue weighted by atomic mass is 10.2. The second kappa shape index (κ2) is 6.45. The van der Waals surface area contributed by atoms with Gasteiger partial charge in [-0.2, -0.15) is 0 Å². The molecule has 2 rings (SSSR count). The van der Waals surface area contributed by atoms with Crippen molar-refractivity contribution in [2.75, 3.05) is 11.9 Å². The van der Waals surface area contributed by atoms with E-state index in [9.17, 15) is 9.59 Å². The van der Waals surface area contributed by atoms with E-state index in [1.807, 2.05) is 6.92 Å². The first-order valence-electron chi connectivity index (χ1n) is 6.25. The van der Waals surface area contributed by atoms with Crippen LogP contribution in [0.15, 0.2) is 34.7 Å². The van der Waals surface area contributed by atoms with Crippen LogP contribution in [0.5, 0.6) is 0 Å². The Morgan fingerprint density at radius 1 is 1.24 bits per heavy atom. The zero-order chi connectivity index (χ0) is 15.4. The van der Waals surface area contributed by atoms with Crippen LogP contribution in [0.4, 0.5) is 5.69 Å². The van der Waals surface area contributed by atoms with Crippen LogP contribution >= 0.6 is 11.6 Å². The highest BCUT2D eigenvalue weighted by Gasteiger charge is 2.13. The monoisotopic (exact) mass is 307 g/mol. The maximum Gasteiger partial charge on any atom is 0.374 e. The van der Waals surface area contributed by atoms with Crippen LogP contribution in [0.1, 0.15) is 21.9 Å². The lowest BCUT2D eigenvalue weighted by Crippen LogP contribution is -2.20. The molecule has 1 amide bonds. The fourth-order valence-corrected chi connectivity index (χ4v) is 1.79. The molecule has 5 nitrogen and oxygen atoms in total. The lowest BCUT2D eigenvalue weighted by Gasteiger charge is -2.07. The number of carbonyl (C=O) groups is 2. The number of rotatable bonds is 4. The van der Waals surface area contributed by atoms with Crippen LogP contribution in [0.3, 0.4) is 0 Å². The molecule has 0 atom stereocenters. The van der Waals surface area contributed by atoms with Crippen LogP contribution in [0.25, 0.3) is 0 Å². The number of hydrogen-bond acceptors (Lipinski definition) is 4. The predicted molar refractivity (Wildman–Crippen MR) is 78.5 cm³/mol. The topological polar surface area (TPSA) is 68.5 Å². The van der Waals surface area contributed by atoms with E-state index in [0.717, 1.165) is 5.56 Å². The molecule has 0 unspecified atom stereocenters. The van der Waals surface area contributed by atoms with Gasteiger partial charge in [-0.05, 0) is 43.7 Å². The van der Waals surface area contributed by atoms with Gasteiger partial charge in [-0.3, -0.25) is 4.79 Å². The molecule has 0 spiro atoms. The van der Waals surface area contributed by atoms with E-state index < -0.39 is 18.5 Å². The molecular weight excluding hydrogens is 294 g/mol. The van der Waals surface area contributed by atoms with Gasteiger partial charge in [-0.25, -0.2) is 4.79 Å². The molecule has 1 aromatic heterocycles. The summed E-state index contributed by atoms with van der Waals surface area (Å²) in [6.07, 6.45) is 0. The van der Waals surface area contributed by atoms with Gasteiger partial charge in [0.05, 0.1) is 0 Å². The third-order valence-electron chi connectivity index (χ3n) is 2.73. The minimum Gasteiger partial charge on any atom is -0.454 e. The van der Waals surface area contributed by atoms with Crippen LogP contribution in [-0.4, -0.2) is 18.5 Å². The number of ether oxygens (including phenoxy) is 1. The maximum atomic E-state index is 11.7. The largest absolute Gasteiger partial charge is 0.454 e. The molecule has 21 heavy (non-hydrogen) atoms. The van der Waals surface area contributed by atoms with E-state index >= 15 is 0 Å². The molecule has 1 heterocycles. The number of halogens is 1. The van der Waals surface area contributed by atoms with E-state index in [-0.39, 0.29) is 5.76 Å². The number of esters is 1. The van der Waals surface area contributed by atoms with Crippen LogP contribution in [0, 0.1) is 13.8 Å². The summed E-state index contributed by atoms with van der Waals surface area (Å²) in [5.74, 6) is -0.467. The summed E-state index contributed by atoms with van der Waals surface area (Å²) in [5, 5.41) is 3.14. The highest BCUT2D eigenvalue weighted by atomic mass is 35.5. The molecule has 0 bridgehead atoms. The second-order valence-electron chi connectivity index (χ2n) is 4.50. The van der Waals surface area contributed by atoms with Crippen molar-refractivity contribution in [1.29, 1.82) is 0 Å². The number of carbonyl (C=O) groups excluding carboxylic acids is 2. The maximum absolute atomic E-state index is 11.7. The Bertz CT molecular complexity index is 678. The summed E-state index contributed by atoms with van der Waals surface area (Å²) in [5.41, 5.74) is 1.45. The van der Waals surface area contributed by atoms with Crippen LogP contribution in [-0.2, 0) is 9.53 Å². The van der Waals surface area contributed by atoms with Gasteiger partial charge in [0.15, 0.2) is 6.61 Å². The predicted octanol–water partition coefficient (Wildman–Crippen LogP) is 3.35. The molecule has 0 saturated heterocycles. The van der Waals surface area contributed by atoms with E-state index in [1.165, 1.54) is 6.07 Å². The van der Waals surface area contributed by atoms with Crippen molar-refractivity contribution >= 4 is 29.2 Å². The minimum absolute atomic E-state index is 0.0682. The van der Waals surface area contributed by atoms with Crippen molar-refractivity contribution in [3.63, 3.8) is 0 Å². The lowest BCUT2D eigenvalue weighted by molar-refractivity contribution is -0.119. The average molecular weight is 308 g/mol. The Kier molecular flexibility index (Phi) is 4.65. The first kappa shape index (κ1) is 15.1. The minimum atomic E-state index is -0.680. The summed E-state index contributed by atoms with van der Waals surface area (Å²) >= 11 is 5.96. The molecule has 0 aliphatic rings. The Hall–Kier alpha value is -2.27. The van der Waals surface area contributed by atoms with Crippen molar-refractivity contribution in [3.8, 4) is 0 Å². The van der Waals surface area contributed by atoms with Gasteiger partial charge in [0.2, 0.25) is 5.76 Å². The molecule has 0 fully saturated rings. The standard InChI is InChI=1S/C15H14ClNO4/c1-9-3-5-11(7-12(9)16)17-14(18)8-20-15(19)13-6-4-10(2)21-13/h3-7H,8H2,1-2H3,(H,17,18). The Morgan fingerprint density at radius 2 is 2.00 bits per heavy atom. The average Bonchev–Trinajstić information content (AvgIpc) is 2.87. The molecule has 2 aromatic rings. The SMILES string of the molecule is Cc1ccc(C(=O)OCC(=O)Nc2ccc(C)c(Cl)c2)o1. The van der Waals surface area contributed by atoms with E-state index in [1.54, 1.807) is 31.2 Å². The molecular formula is C15H14ClNO4. The molecule has 0 aliphatic carbocycles. The fraction of sp³-hybridized carbons (Fsp3) is 0.200. The molecule has 0 saturated carbocycles. The number of amides is 1. The zero-order valence-corrected chi connectivity index (χ0v) is 12.4. The highest BCUT2D eigenvalue weighted by Crippen LogP contribution is 2.19. The number of nitrogens with one attached hydrogen (secondary N) is 1. The summed E-state index contributed by atoms with van der Waals surface area (Å²) in [6.45, 7) is 3.18. The molecule has 110 valence electrons. The number of hydrogen-bond donors (Lipinski definition) is 1. The van der Waals surface area contributed by atoms with Crippen molar-refractivity contribution in [3.05, 3.63) is 52.4 Å². The smallest absolute Gasteiger partial charge is 0.374 e. The van der Waals surface area contributed by atoms with Crippen LogP contribution < -0.4 is 5.32 Å². The first-order chi connectivity index (χ1) is 9.95. The third-order valence-corrected chi connectivity index (χ3v) is 3.14. The zero-order valence-electron chi connectivity index (χ0n) is 11.6. The number of aryl methyl sites for hydroxylation is 2. The van der Waals surface area contributed by atoms with E-state index in [0.29, 0.717) is 16.5 Å². The fourth-order valence-electron chi connectivity index (χ4n) is 1.61. The quantitative estimate of drug-likeness (QED) is 0.880. The first-order valence-corrected chi connectivity index (χ1v) is 6.63. The van der Waals surface area contributed by atoms with E-state index in [4.69, 9.17) is 20.8 Å². The van der Waals surface area contributed by atoms with Gasteiger partial charge in [0.1, 0.15) is 5.76 Å². The van der Waals surface area contributed by atoms with Crippen molar-refractivity contribution in [1.82, 2.24) is 0 Å². The molecule has 0 aliphatic heterocycles. The van der Waals surface area contributed by atoms with Gasteiger partial charge in [0, 0.05) is 10.7 Å². The van der Waals surface area contributed by atoms with Gasteiger partial charge < -0.3 is 14.5 Å². The van der Waals surface area contributed by atoms with Gasteiger partial charge in [-0.1, -0.05) is 17.7 Å². The Morgan fingerprint density at radius 3 is 2.62 bits per heavy atom. The summed E-state index contributed by atoms with van der Waals surface area (Å²) in [7, 11) is 0. The third kappa shape index (κ3) is 4.10. The van der Waals surface area contributed by atoms with Crippen LogP contribution in [0.2, 0.25) is 5.02 Å². The van der Waals surface area contributed by atoms with Crippen molar-refractivity contribution in [2.45, 2.75) is 13.8 Å². The van der Waals surface area contributed by atoms with Gasteiger partial charge in [-0.15, -0.1) is 0 Å².